The summed E-state index contributed by atoms with van der Waals surface area (Å²) in [7, 11) is 0. The molecule has 0 aliphatic heterocycles. The van der Waals surface area contributed by atoms with Crippen molar-refractivity contribution < 1.29 is 9.50 Å². The molecule has 0 aliphatic carbocycles. The Kier molecular flexibility index (Phi) is 3.19. The van der Waals surface area contributed by atoms with Gasteiger partial charge in [-0.1, -0.05) is 24.3 Å². The minimum absolute atomic E-state index is 0.372. The summed E-state index contributed by atoms with van der Waals surface area (Å²) in [6.45, 7) is 6.58. The van der Waals surface area contributed by atoms with E-state index in [9.17, 15) is 9.50 Å². The highest BCUT2D eigenvalue weighted by Gasteiger charge is 2.19. The Morgan fingerprint density at radius 1 is 1.20 bits per heavy atom. The van der Waals surface area contributed by atoms with E-state index in [2.05, 4.69) is 0 Å². The zero-order valence-electron chi connectivity index (χ0n) is 9.84. The average Bonchev–Trinajstić information content (AvgIpc) is 1.99. The molecule has 1 N–H and O–H groups in total. The van der Waals surface area contributed by atoms with Crippen molar-refractivity contribution in [3.63, 3.8) is 0 Å². The molecule has 0 aliphatic rings. The lowest BCUT2D eigenvalue weighted by Gasteiger charge is -2.20. The normalized spacial score (nSPS) is 12.9. The average molecular weight is 210 g/mol. The first-order chi connectivity index (χ1) is 6.68. The van der Waals surface area contributed by atoms with Crippen molar-refractivity contribution in [2.45, 2.75) is 45.4 Å². The molecule has 0 saturated carbocycles. The predicted octanol–water partition coefficient (Wildman–Crippen LogP) is 3.20. The first-order valence-electron chi connectivity index (χ1n) is 5.19. The van der Waals surface area contributed by atoms with Crippen molar-refractivity contribution in [3.05, 3.63) is 35.4 Å². The summed E-state index contributed by atoms with van der Waals surface area (Å²) in [6, 6.07) is 7.46. The quantitative estimate of drug-likeness (QED) is 0.812. The molecule has 2 heteroatoms. The Labute approximate surface area is 90.9 Å². The van der Waals surface area contributed by atoms with E-state index in [0.29, 0.717) is 6.42 Å². The lowest BCUT2D eigenvalue weighted by atomic mass is 9.93. The second-order valence-electron chi connectivity index (χ2n) is 5.15. The van der Waals surface area contributed by atoms with Crippen LogP contribution in [0.15, 0.2) is 24.3 Å². The van der Waals surface area contributed by atoms with Gasteiger partial charge < -0.3 is 5.11 Å². The fourth-order valence-corrected chi connectivity index (χ4v) is 1.55. The Morgan fingerprint density at radius 3 is 2.27 bits per heavy atom. The summed E-state index contributed by atoms with van der Waals surface area (Å²) in [5.41, 5.74) is -0.333. The topological polar surface area (TPSA) is 20.2 Å². The largest absolute Gasteiger partial charge is 0.386 e. The summed E-state index contributed by atoms with van der Waals surface area (Å²) >= 11 is 0. The first-order valence-corrected chi connectivity index (χ1v) is 5.19. The van der Waals surface area contributed by atoms with Gasteiger partial charge in [-0.25, -0.2) is 4.39 Å². The highest BCUT2D eigenvalue weighted by molar-refractivity contribution is 5.28. The molecular weight excluding hydrogens is 191 g/mol. The van der Waals surface area contributed by atoms with Gasteiger partial charge in [0.15, 0.2) is 0 Å². The third kappa shape index (κ3) is 4.00. The molecule has 0 heterocycles. The molecule has 0 amide bonds. The van der Waals surface area contributed by atoms with Gasteiger partial charge >= 0.3 is 0 Å². The van der Waals surface area contributed by atoms with E-state index in [4.69, 9.17) is 0 Å². The van der Waals surface area contributed by atoms with Crippen molar-refractivity contribution in [1.29, 1.82) is 0 Å². The van der Waals surface area contributed by atoms with Gasteiger partial charge in [0.05, 0.1) is 5.60 Å². The van der Waals surface area contributed by atoms with Crippen molar-refractivity contribution >= 4 is 0 Å². The Balaban J connectivity index is 2.94. The fraction of sp³-hybridized carbons (Fsp3) is 0.538. The van der Waals surface area contributed by atoms with Gasteiger partial charge in [0.25, 0.3) is 0 Å². The van der Waals surface area contributed by atoms with Crippen LogP contribution in [0, 0.1) is 0 Å². The van der Waals surface area contributed by atoms with Gasteiger partial charge in [-0.05, 0) is 38.8 Å². The van der Waals surface area contributed by atoms with Crippen LogP contribution >= 0.6 is 0 Å². The third-order valence-corrected chi connectivity index (χ3v) is 2.26. The Morgan fingerprint density at radius 2 is 1.80 bits per heavy atom. The molecule has 0 spiro atoms. The van der Waals surface area contributed by atoms with Gasteiger partial charge in [0, 0.05) is 6.42 Å². The van der Waals surface area contributed by atoms with Crippen molar-refractivity contribution in [3.8, 4) is 0 Å². The Bertz CT molecular complexity index is 331. The molecule has 0 radical (unpaired) electrons. The van der Waals surface area contributed by atoms with Crippen LogP contribution in [0.2, 0.25) is 0 Å². The zero-order chi connectivity index (χ0) is 11.7. The van der Waals surface area contributed by atoms with Gasteiger partial charge in [0.1, 0.15) is 5.67 Å². The number of halogens is 1. The van der Waals surface area contributed by atoms with Crippen LogP contribution in [-0.4, -0.2) is 10.8 Å². The number of hydrogen-bond acceptors (Lipinski definition) is 1. The minimum Gasteiger partial charge on any atom is -0.386 e. The number of rotatable bonds is 3. The monoisotopic (exact) mass is 210 g/mol. The maximum Gasteiger partial charge on any atom is 0.109 e. The standard InChI is InChI=1S/C13H19FO/c1-12(2,14)9-10-6-5-7-11(8-10)13(3,4)15/h5-8,15H,9H2,1-4H3. The molecule has 0 aromatic heterocycles. The molecule has 84 valence electrons. The highest BCUT2D eigenvalue weighted by Crippen LogP contribution is 2.23. The van der Waals surface area contributed by atoms with Crippen LogP contribution < -0.4 is 0 Å². The van der Waals surface area contributed by atoms with E-state index in [0.717, 1.165) is 11.1 Å². The summed E-state index contributed by atoms with van der Waals surface area (Å²) < 4.78 is 13.4. The molecule has 0 fully saturated rings. The molecule has 0 bridgehead atoms. The summed E-state index contributed by atoms with van der Waals surface area (Å²) in [4.78, 5) is 0. The predicted molar refractivity (Wildman–Crippen MR) is 60.6 cm³/mol. The van der Waals surface area contributed by atoms with E-state index in [1.807, 2.05) is 24.3 Å². The van der Waals surface area contributed by atoms with Crippen molar-refractivity contribution in [2.24, 2.45) is 0 Å². The molecule has 15 heavy (non-hydrogen) atoms. The lowest BCUT2D eigenvalue weighted by molar-refractivity contribution is 0.0784. The second-order valence-corrected chi connectivity index (χ2v) is 5.15. The van der Waals surface area contributed by atoms with E-state index < -0.39 is 11.3 Å². The molecule has 1 aromatic carbocycles. The molecule has 0 unspecified atom stereocenters. The van der Waals surface area contributed by atoms with Crippen LogP contribution in [0.25, 0.3) is 0 Å². The van der Waals surface area contributed by atoms with Gasteiger partial charge in [-0.3, -0.25) is 0 Å². The zero-order valence-corrected chi connectivity index (χ0v) is 9.84. The SMILES string of the molecule is CC(C)(F)Cc1cccc(C(C)(C)O)c1. The van der Waals surface area contributed by atoms with E-state index in [-0.39, 0.29) is 0 Å². The van der Waals surface area contributed by atoms with Crippen LogP contribution in [0.5, 0.6) is 0 Å². The first kappa shape index (κ1) is 12.2. The summed E-state index contributed by atoms with van der Waals surface area (Å²) in [5, 5.41) is 9.82. The summed E-state index contributed by atoms with van der Waals surface area (Å²) in [6.07, 6.45) is 0.372. The number of hydrogen-bond donors (Lipinski definition) is 1. The van der Waals surface area contributed by atoms with E-state index in [1.165, 1.54) is 0 Å². The third-order valence-electron chi connectivity index (χ3n) is 2.26. The van der Waals surface area contributed by atoms with Crippen LogP contribution in [0.3, 0.4) is 0 Å². The Hall–Kier alpha value is -0.890. The highest BCUT2D eigenvalue weighted by atomic mass is 19.1. The van der Waals surface area contributed by atoms with E-state index >= 15 is 0 Å². The maximum absolute atomic E-state index is 13.4. The fourth-order valence-electron chi connectivity index (χ4n) is 1.55. The minimum atomic E-state index is -1.21. The van der Waals surface area contributed by atoms with Crippen molar-refractivity contribution in [1.82, 2.24) is 0 Å². The number of alkyl halides is 1. The molecule has 0 saturated heterocycles. The second kappa shape index (κ2) is 3.93. The molecular formula is C13H19FO. The molecule has 1 nitrogen and oxygen atoms in total. The van der Waals surface area contributed by atoms with E-state index in [1.54, 1.807) is 27.7 Å². The number of aliphatic hydroxyl groups is 1. The maximum atomic E-state index is 13.4. The van der Waals surface area contributed by atoms with Gasteiger partial charge in [-0.2, -0.15) is 0 Å². The van der Waals surface area contributed by atoms with Gasteiger partial charge in [0.2, 0.25) is 0 Å². The van der Waals surface area contributed by atoms with Crippen LogP contribution in [0.4, 0.5) is 4.39 Å². The molecule has 1 aromatic rings. The molecule has 0 atom stereocenters. The summed E-state index contributed by atoms with van der Waals surface area (Å²) in [5.74, 6) is 0. The smallest absolute Gasteiger partial charge is 0.109 e. The number of benzene rings is 1. The van der Waals surface area contributed by atoms with Crippen LogP contribution in [-0.2, 0) is 12.0 Å². The molecule has 1 rings (SSSR count). The van der Waals surface area contributed by atoms with Gasteiger partial charge in [-0.15, -0.1) is 0 Å². The van der Waals surface area contributed by atoms with Crippen LogP contribution in [0.1, 0.15) is 38.8 Å². The lowest BCUT2D eigenvalue weighted by Crippen LogP contribution is -2.18. The van der Waals surface area contributed by atoms with Crippen molar-refractivity contribution in [2.75, 3.05) is 0 Å².